The molecule has 0 amide bonds. The topological polar surface area (TPSA) is 47.3 Å². The molecule has 0 aliphatic carbocycles. The van der Waals surface area contributed by atoms with Crippen molar-refractivity contribution in [1.82, 2.24) is 0 Å². The van der Waals surface area contributed by atoms with Crippen molar-refractivity contribution in [3.8, 4) is 0 Å². The Kier molecular flexibility index (Phi) is 3.78. The lowest BCUT2D eigenvalue weighted by Gasteiger charge is -2.14. The van der Waals surface area contributed by atoms with Crippen molar-refractivity contribution in [1.29, 1.82) is 0 Å². The minimum Gasteiger partial charge on any atom is -0.389 e. The number of thiocarbonyl (C=S) groups is 1. The standard InChI is InChI=1S/C11H13BrN2OS/c12-9-5-7(11(13)16)1-2-10(9)14-8-3-4-15-6-8/h1-2,5,8,14H,3-4,6H2,(H2,13,16). The van der Waals surface area contributed by atoms with Gasteiger partial charge < -0.3 is 15.8 Å². The molecule has 1 fully saturated rings. The Morgan fingerprint density at radius 1 is 1.56 bits per heavy atom. The van der Waals surface area contributed by atoms with Crippen molar-refractivity contribution in [2.75, 3.05) is 18.5 Å². The van der Waals surface area contributed by atoms with E-state index in [0.717, 1.165) is 35.4 Å². The van der Waals surface area contributed by atoms with Crippen LogP contribution in [0.15, 0.2) is 22.7 Å². The lowest BCUT2D eigenvalue weighted by molar-refractivity contribution is 0.195. The van der Waals surface area contributed by atoms with Crippen molar-refractivity contribution < 1.29 is 4.74 Å². The van der Waals surface area contributed by atoms with Gasteiger partial charge in [0.25, 0.3) is 0 Å². The lowest BCUT2D eigenvalue weighted by Crippen LogP contribution is -2.19. The molecule has 5 heteroatoms. The van der Waals surface area contributed by atoms with Gasteiger partial charge in [0.1, 0.15) is 4.99 Å². The summed E-state index contributed by atoms with van der Waals surface area (Å²) in [6, 6.07) is 6.23. The number of anilines is 1. The van der Waals surface area contributed by atoms with Gasteiger partial charge in [0, 0.05) is 22.3 Å². The highest BCUT2D eigenvalue weighted by atomic mass is 79.9. The number of benzene rings is 1. The molecule has 86 valence electrons. The second kappa shape index (κ2) is 5.12. The van der Waals surface area contributed by atoms with Gasteiger partial charge in [-0.1, -0.05) is 12.2 Å². The van der Waals surface area contributed by atoms with Crippen LogP contribution in [0.4, 0.5) is 5.69 Å². The molecule has 1 aromatic carbocycles. The highest BCUT2D eigenvalue weighted by molar-refractivity contribution is 9.10. The molecule has 1 heterocycles. The SMILES string of the molecule is NC(=S)c1ccc(NC2CCOC2)c(Br)c1. The van der Waals surface area contributed by atoms with Gasteiger partial charge in [-0.15, -0.1) is 0 Å². The first kappa shape index (κ1) is 11.8. The quantitative estimate of drug-likeness (QED) is 0.841. The summed E-state index contributed by atoms with van der Waals surface area (Å²) in [6.45, 7) is 1.60. The van der Waals surface area contributed by atoms with E-state index < -0.39 is 0 Å². The molecule has 0 bridgehead atoms. The van der Waals surface area contributed by atoms with Gasteiger partial charge in [-0.3, -0.25) is 0 Å². The Hall–Kier alpha value is -0.650. The van der Waals surface area contributed by atoms with Crippen LogP contribution in [-0.2, 0) is 4.74 Å². The number of halogens is 1. The molecule has 0 saturated carbocycles. The molecule has 0 spiro atoms. The summed E-state index contributed by atoms with van der Waals surface area (Å²) in [5.74, 6) is 0. The highest BCUT2D eigenvalue weighted by Gasteiger charge is 2.16. The predicted molar refractivity (Wildman–Crippen MR) is 72.9 cm³/mol. The average Bonchev–Trinajstić information content (AvgIpc) is 2.73. The van der Waals surface area contributed by atoms with Crippen LogP contribution < -0.4 is 11.1 Å². The van der Waals surface area contributed by atoms with Gasteiger partial charge in [0.15, 0.2) is 0 Å². The third kappa shape index (κ3) is 2.72. The molecular formula is C11H13BrN2OS. The average molecular weight is 301 g/mol. The summed E-state index contributed by atoms with van der Waals surface area (Å²) in [4.78, 5) is 0.413. The van der Waals surface area contributed by atoms with Crippen molar-refractivity contribution in [2.24, 2.45) is 5.73 Å². The Bertz CT molecular complexity index is 405. The van der Waals surface area contributed by atoms with Gasteiger partial charge in [-0.2, -0.15) is 0 Å². The van der Waals surface area contributed by atoms with E-state index in [1.54, 1.807) is 0 Å². The molecule has 0 aromatic heterocycles. The lowest BCUT2D eigenvalue weighted by atomic mass is 10.2. The Balaban J connectivity index is 2.12. The summed E-state index contributed by atoms with van der Waals surface area (Å²) in [7, 11) is 0. The van der Waals surface area contributed by atoms with E-state index >= 15 is 0 Å². The first-order chi connectivity index (χ1) is 7.66. The van der Waals surface area contributed by atoms with Crippen LogP contribution in [-0.4, -0.2) is 24.2 Å². The maximum atomic E-state index is 5.57. The molecule has 0 radical (unpaired) electrons. The molecule has 1 atom stereocenters. The van der Waals surface area contributed by atoms with Crippen LogP contribution in [0.3, 0.4) is 0 Å². The van der Waals surface area contributed by atoms with Crippen molar-refractivity contribution >= 4 is 38.8 Å². The van der Waals surface area contributed by atoms with Crippen LogP contribution in [0.25, 0.3) is 0 Å². The van der Waals surface area contributed by atoms with Crippen LogP contribution in [0.1, 0.15) is 12.0 Å². The molecule has 1 saturated heterocycles. The van der Waals surface area contributed by atoms with E-state index in [1.165, 1.54) is 0 Å². The first-order valence-electron chi connectivity index (χ1n) is 5.10. The third-order valence-corrected chi connectivity index (χ3v) is 3.43. The normalized spacial score (nSPS) is 19.7. The monoisotopic (exact) mass is 300 g/mol. The molecule has 1 aliphatic heterocycles. The van der Waals surface area contributed by atoms with E-state index in [-0.39, 0.29) is 0 Å². The van der Waals surface area contributed by atoms with Crippen LogP contribution in [0, 0.1) is 0 Å². The van der Waals surface area contributed by atoms with E-state index in [0.29, 0.717) is 11.0 Å². The van der Waals surface area contributed by atoms with Gasteiger partial charge in [0.05, 0.1) is 12.6 Å². The Morgan fingerprint density at radius 3 is 2.94 bits per heavy atom. The summed E-state index contributed by atoms with van der Waals surface area (Å²) >= 11 is 8.43. The minimum absolute atomic E-state index is 0.395. The van der Waals surface area contributed by atoms with Crippen LogP contribution in [0.5, 0.6) is 0 Å². The number of hydrogen-bond acceptors (Lipinski definition) is 3. The van der Waals surface area contributed by atoms with Crippen molar-refractivity contribution in [3.05, 3.63) is 28.2 Å². The summed E-state index contributed by atoms with van der Waals surface area (Å²) in [6.07, 6.45) is 1.05. The van der Waals surface area contributed by atoms with E-state index in [4.69, 9.17) is 22.7 Å². The zero-order chi connectivity index (χ0) is 11.5. The smallest absolute Gasteiger partial charge is 0.104 e. The first-order valence-corrected chi connectivity index (χ1v) is 6.30. The molecule has 1 unspecified atom stereocenters. The minimum atomic E-state index is 0.395. The number of ether oxygens (including phenoxy) is 1. The van der Waals surface area contributed by atoms with Gasteiger partial charge in [-0.05, 0) is 40.5 Å². The Labute approximate surface area is 108 Å². The van der Waals surface area contributed by atoms with E-state index in [1.807, 2.05) is 18.2 Å². The Morgan fingerprint density at radius 2 is 2.38 bits per heavy atom. The fourth-order valence-corrected chi connectivity index (χ4v) is 2.27. The molecule has 1 aromatic rings. The molecule has 1 aliphatic rings. The van der Waals surface area contributed by atoms with Gasteiger partial charge in [0.2, 0.25) is 0 Å². The van der Waals surface area contributed by atoms with E-state index in [9.17, 15) is 0 Å². The maximum absolute atomic E-state index is 5.57. The molecule has 2 rings (SSSR count). The molecule has 3 nitrogen and oxygen atoms in total. The number of nitrogens with one attached hydrogen (secondary N) is 1. The summed E-state index contributed by atoms with van der Waals surface area (Å²) in [5.41, 5.74) is 7.49. The van der Waals surface area contributed by atoms with Crippen molar-refractivity contribution in [3.63, 3.8) is 0 Å². The second-order valence-corrected chi connectivity index (χ2v) is 5.06. The van der Waals surface area contributed by atoms with Gasteiger partial charge >= 0.3 is 0 Å². The largest absolute Gasteiger partial charge is 0.389 e. The van der Waals surface area contributed by atoms with E-state index in [2.05, 4.69) is 21.2 Å². The molecular weight excluding hydrogens is 288 g/mol. The predicted octanol–water partition coefficient (Wildman–Crippen LogP) is 2.28. The molecule has 16 heavy (non-hydrogen) atoms. The number of nitrogens with two attached hydrogens (primary N) is 1. The maximum Gasteiger partial charge on any atom is 0.104 e. The highest BCUT2D eigenvalue weighted by Crippen LogP contribution is 2.25. The summed E-state index contributed by atoms with van der Waals surface area (Å²) in [5, 5.41) is 3.42. The van der Waals surface area contributed by atoms with Crippen LogP contribution >= 0.6 is 28.1 Å². The number of rotatable bonds is 3. The fraction of sp³-hybridized carbons (Fsp3) is 0.364. The fourth-order valence-electron chi connectivity index (χ4n) is 1.65. The van der Waals surface area contributed by atoms with Crippen LogP contribution in [0.2, 0.25) is 0 Å². The second-order valence-electron chi connectivity index (χ2n) is 3.76. The number of hydrogen-bond donors (Lipinski definition) is 2. The molecule has 3 N–H and O–H groups in total. The van der Waals surface area contributed by atoms with Gasteiger partial charge in [-0.25, -0.2) is 0 Å². The zero-order valence-corrected chi connectivity index (χ0v) is 11.1. The third-order valence-electron chi connectivity index (χ3n) is 2.54. The zero-order valence-electron chi connectivity index (χ0n) is 8.70. The summed E-state index contributed by atoms with van der Waals surface area (Å²) < 4.78 is 6.29. The van der Waals surface area contributed by atoms with Crippen molar-refractivity contribution in [2.45, 2.75) is 12.5 Å².